The molecule has 0 saturated carbocycles. The van der Waals surface area contributed by atoms with E-state index in [1.165, 1.54) is 0 Å². The van der Waals surface area contributed by atoms with Crippen molar-refractivity contribution >= 4 is 33.5 Å². The highest BCUT2D eigenvalue weighted by Gasteiger charge is 2.02. The van der Waals surface area contributed by atoms with Crippen LogP contribution in [0.25, 0.3) is 0 Å². The van der Waals surface area contributed by atoms with Crippen LogP contribution in [0.2, 0.25) is 5.02 Å². The van der Waals surface area contributed by atoms with Crippen LogP contribution in [0.15, 0.2) is 27.7 Å². The fourth-order valence-corrected chi connectivity index (χ4v) is 1.95. The van der Waals surface area contributed by atoms with Crippen molar-refractivity contribution in [1.29, 1.82) is 0 Å². The van der Waals surface area contributed by atoms with Crippen molar-refractivity contribution in [2.24, 2.45) is 10.7 Å². The maximum atomic E-state index is 6.09. The summed E-state index contributed by atoms with van der Waals surface area (Å²) < 4.78 is 0.959. The first-order valence-electron chi connectivity index (χ1n) is 5.53. The number of benzene rings is 1. The van der Waals surface area contributed by atoms with Crippen molar-refractivity contribution in [3.63, 3.8) is 0 Å². The molecule has 1 aromatic rings. The number of aliphatic imine (C=N–C) groups is 1. The molecule has 0 aliphatic rings. The zero-order chi connectivity index (χ0) is 12.8. The molecule has 0 fully saturated rings. The lowest BCUT2D eigenvalue weighted by molar-refractivity contribution is 0.636. The third-order valence-corrected chi connectivity index (χ3v) is 3.29. The molecule has 94 valence electrons. The molecule has 17 heavy (non-hydrogen) atoms. The normalized spacial score (nSPS) is 13.5. The van der Waals surface area contributed by atoms with Gasteiger partial charge in [-0.2, -0.15) is 0 Å². The maximum absolute atomic E-state index is 6.09. The number of guanidine groups is 1. The molecule has 0 aliphatic heterocycles. The van der Waals surface area contributed by atoms with Gasteiger partial charge in [-0.1, -0.05) is 40.5 Å². The highest BCUT2D eigenvalue weighted by atomic mass is 79.9. The first-order chi connectivity index (χ1) is 8.02. The largest absolute Gasteiger partial charge is 0.370 e. The molecule has 0 radical (unpaired) electrons. The highest BCUT2D eigenvalue weighted by Crippen LogP contribution is 2.21. The Hall–Kier alpha value is -0.740. The first kappa shape index (κ1) is 14.3. The van der Waals surface area contributed by atoms with E-state index in [1.54, 1.807) is 0 Å². The third kappa shape index (κ3) is 4.96. The van der Waals surface area contributed by atoms with Crippen molar-refractivity contribution in [3.05, 3.63) is 33.3 Å². The van der Waals surface area contributed by atoms with E-state index in [0.29, 0.717) is 23.6 Å². The van der Waals surface area contributed by atoms with E-state index in [-0.39, 0.29) is 0 Å². The van der Waals surface area contributed by atoms with Gasteiger partial charge in [0.25, 0.3) is 0 Å². The van der Waals surface area contributed by atoms with Gasteiger partial charge in [0.1, 0.15) is 0 Å². The predicted octanol–water partition coefficient (Wildman–Crippen LogP) is 3.31. The monoisotopic (exact) mass is 317 g/mol. The number of nitrogens with one attached hydrogen (secondary N) is 1. The summed E-state index contributed by atoms with van der Waals surface area (Å²) in [4.78, 5) is 4.26. The summed E-state index contributed by atoms with van der Waals surface area (Å²) in [7, 11) is 0. The Morgan fingerprint density at radius 3 is 2.88 bits per heavy atom. The second-order valence-electron chi connectivity index (χ2n) is 3.89. The fraction of sp³-hybridized carbons (Fsp3) is 0.417. The molecule has 1 unspecified atom stereocenters. The molecule has 5 heteroatoms. The second-order valence-corrected chi connectivity index (χ2v) is 5.21. The molecule has 0 amide bonds. The molecule has 0 saturated heterocycles. The van der Waals surface area contributed by atoms with Crippen LogP contribution in [0, 0.1) is 0 Å². The highest BCUT2D eigenvalue weighted by molar-refractivity contribution is 9.10. The lowest BCUT2D eigenvalue weighted by atomic mass is 10.2. The van der Waals surface area contributed by atoms with Gasteiger partial charge in [-0.3, -0.25) is 0 Å². The van der Waals surface area contributed by atoms with Crippen LogP contribution in [0.1, 0.15) is 25.8 Å². The molecule has 3 nitrogen and oxygen atoms in total. The number of hydrogen-bond acceptors (Lipinski definition) is 1. The zero-order valence-corrected chi connectivity index (χ0v) is 12.3. The van der Waals surface area contributed by atoms with Crippen LogP contribution in [-0.2, 0) is 6.54 Å². The molecule has 3 N–H and O–H groups in total. The van der Waals surface area contributed by atoms with Crippen molar-refractivity contribution in [1.82, 2.24) is 5.32 Å². The molecule has 0 aromatic heterocycles. The van der Waals surface area contributed by atoms with E-state index in [2.05, 4.69) is 40.1 Å². The van der Waals surface area contributed by atoms with Crippen LogP contribution >= 0.6 is 27.5 Å². The second kappa shape index (κ2) is 6.87. The molecule has 0 heterocycles. The fourth-order valence-electron chi connectivity index (χ4n) is 1.22. The zero-order valence-electron chi connectivity index (χ0n) is 10.0. The van der Waals surface area contributed by atoms with Crippen LogP contribution in [0.5, 0.6) is 0 Å². The van der Waals surface area contributed by atoms with E-state index in [4.69, 9.17) is 17.3 Å². The minimum Gasteiger partial charge on any atom is -0.370 e. The van der Waals surface area contributed by atoms with E-state index in [9.17, 15) is 0 Å². The summed E-state index contributed by atoms with van der Waals surface area (Å²) in [6.07, 6.45) is 1.01. The molecular weight excluding hydrogens is 302 g/mol. The Balaban J connectivity index is 2.62. The summed E-state index contributed by atoms with van der Waals surface area (Å²) >= 11 is 9.45. The number of halogens is 2. The molecule has 1 atom stereocenters. The van der Waals surface area contributed by atoms with E-state index in [0.717, 1.165) is 16.5 Å². The predicted molar refractivity (Wildman–Crippen MR) is 77.4 cm³/mol. The summed E-state index contributed by atoms with van der Waals surface area (Å²) in [5.74, 6) is 0.457. The number of rotatable bonds is 4. The number of nitrogens with zero attached hydrogens (tertiary/aromatic N) is 1. The summed E-state index contributed by atoms with van der Waals surface area (Å²) in [6.45, 7) is 4.65. The van der Waals surface area contributed by atoms with Gasteiger partial charge in [0, 0.05) is 15.5 Å². The molecule has 1 rings (SSSR count). The molecule has 0 bridgehead atoms. The average Bonchev–Trinajstić information content (AvgIpc) is 2.27. The van der Waals surface area contributed by atoms with E-state index >= 15 is 0 Å². The van der Waals surface area contributed by atoms with Crippen LogP contribution in [-0.4, -0.2) is 12.0 Å². The average molecular weight is 319 g/mol. The number of nitrogens with two attached hydrogens (primary N) is 1. The molecule has 0 spiro atoms. The van der Waals surface area contributed by atoms with Gasteiger partial charge in [0.05, 0.1) is 6.54 Å². The smallest absolute Gasteiger partial charge is 0.189 e. The standard InChI is InChI=1S/C12H17BrClN3/c1-3-8(2)17-12(15)16-7-9-4-5-10(13)6-11(9)14/h4-6,8H,3,7H2,1-2H3,(H3,15,16,17). The quantitative estimate of drug-likeness (QED) is 0.661. The summed E-state index contributed by atoms with van der Waals surface area (Å²) in [5, 5.41) is 3.80. The van der Waals surface area contributed by atoms with E-state index < -0.39 is 0 Å². The van der Waals surface area contributed by atoms with Gasteiger partial charge in [-0.25, -0.2) is 4.99 Å². The van der Waals surface area contributed by atoms with Crippen molar-refractivity contribution in [2.75, 3.05) is 0 Å². The number of hydrogen-bond donors (Lipinski definition) is 2. The summed E-state index contributed by atoms with van der Waals surface area (Å²) in [6, 6.07) is 6.06. The lowest BCUT2D eigenvalue weighted by Gasteiger charge is -2.11. The minimum atomic E-state index is 0.333. The minimum absolute atomic E-state index is 0.333. The maximum Gasteiger partial charge on any atom is 0.189 e. The Kier molecular flexibility index (Phi) is 5.78. The van der Waals surface area contributed by atoms with Gasteiger partial charge in [-0.05, 0) is 31.0 Å². The Labute approximate surface area is 116 Å². The SMILES string of the molecule is CCC(C)NC(N)=NCc1ccc(Br)cc1Cl. The Morgan fingerprint density at radius 1 is 1.59 bits per heavy atom. The van der Waals surface area contributed by atoms with Gasteiger partial charge >= 0.3 is 0 Å². The van der Waals surface area contributed by atoms with Gasteiger partial charge < -0.3 is 11.1 Å². The van der Waals surface area contributed by atoms with Crippen LogP contribution in [0.4, 0.5) is 0 Å². The third-order valence-electron chi connectivity index (χ3n) is 2.44. The van der Waals surface area contributed by atoms with E-state index in [1.807, 2.05) is 18.2 Å². The Bertz CT molecular complexity index is 407. The van der Waals surface area contributed by atoms with Crippen molar-refractivity contribution < 1.29 is 0 Å². The van der Waals surface area contributed by atoms with Gasteiger partial charge in [0.15, 0.2) is 5.96 Å². The molecular formula is C12H17BrClN3. The lowest BCUT2D eigenvalue weighted by Crippen LogP contribution is -2.38. The first-order valence-corrected chi connectivity index (χ1v) is 6.70. The topological polar surface area (TPSA) is 50.4 Å². The molecule has 1 aromatic carbocycles. The van der Waals surface area contributed by atoms with Gasteiger partial charge in [-0.15, -0.1) is 0 Å². The van der Waals surface area contributed by atoms with Gasteiger partial charge in [0.2, 0.25) is 0 Å². The summed E-state index contributed by atoms with van der Waals surface area (Å²) in [5.41, 5.74) is 6.73. The Morgan fingerprint density at radius 2 is 2.29 bits per heavy atom. The van der Waals surface area contributed by atoms with Crippen molar-refractivity contribution in [3.8, 4) is 0 Å². The van der Waals surface area contributed by atoms with Crippen LogP contribution in [0.3, 0.4) is 0 Å². The van der Waals surface area contributed by atoms with Crippen molar-refractivity contribution in [2.45, 2.75) is 32.9 Å². The van der Waals surface area contributed by atoms with Crippen LogP contribution < -0.4 is 11.1 Å². The molecule has 0 aliphatic carbocycles.